The number of anilines is 2. The zero-order valence-electron chi connectivity index (χ0n) is 20.4. The SMILES string of the molecule is CC.CNC(=S)NNC(=O)c1ccccc1-c1nc2ccc(F)cn2c1Nc1c(C)cccc1C. The van der Waals surface area contributed by atoms with E-state index in [1.54, 1.807) is 35.7 Å². The molecule has 0 aliphatic heterocycles. The molecule has 0 spiro atoms. The quantitative estimate of drug-likeness (QED) is 0.230. The number of nitrogens with zero attached hydrogens (tertiary/aromatic N) is 2. The first-order valence-electron chi connectivity index (χ1n) is 11.3. The molecule has 0 unspecified atom stereocenters. The van der Waals surface area contributed by atoms with Crippen molar-refractivity contribution in [2.75, 3.05) is 12.4 Å². The standard InChI is InChI=1S/C24H23FN6OS.C2H6/c1-14-7-6-8-15(2)20(14)28-22-21(27-19-12-11-16(25)13-31(19)22)17-9-4-5-10-18(17)23(32)29-30-24(33)26-3;1-2/h4-13,28H,1-3H3,(H,29,32)(H2,26,30,33);1-2H3. The maximum absolute atomic E-state index is 14.2. The van der Waals surface area contributed by atoms with E-state index in [0.717, 1.165) is 16.8 Å². The molecule has 4 rings (SSSR count). The van der Waals surface area contributed by atoms with Crippen molar-refractivity contribution in [3.8, 4) is 11.3 Å². The number of imidazole rings is 1. The average Bonchev–Trinajstić information content (AvgIpc) is 3.23. The van der Waals surface area contributed by atoms with Crippen molar-refractivity contribution in [2.24, 2.45) is 0 Å². The van der Waals surface area contributed by atoms with Crippen molar-refractivity contribution >= 4 is 40.4 Å². The zero-order chi connectivity index (χ0) is 25.5. The molecule has 0 saturated heterocycles. The van der Waals surface area contributed by atoms with Crippen molar-refractivity contribution in [2.45, 2.75) is 27.7 Å². The molecule has 2 aromatic carbocycles. The first-order valence-corrected chi connectivity index (χ1v) is 11.7. The second-order valence-electron chi connectivity index (χ2n) is 7.48. The van der Waals surface area contributed by atoms with Crippen molar-refractivity contribution < 1.29 is 9.18 Å². The van der Waals surface area contributed by atoms with E-state index in [2.05, 4.69) is 21.5 Å². The van der Waals surface area contributed by atoms with Crippen LogP contribution in [0.4, 0.5) is 15.9 Å². The van der Waals surface area contributed by atoms with Crippen LogP contribution >= 0.6 is 12.2 Å². The van der Waals surface area contributed by atoms with Gasteiger partial charge in [-0.2, -0.15) is 0 Å². The molecule has 2 aromatic heterocycles. The summed E-state index contributed by atoms with van der Waals surface area (Å²) in [6.45, 7) is 7.99. The number of hydrogen-bond donors (Lipinski definition) is 4. The Morgan fingerprint density at radius 2 is 1.66 bits per heavy atom. The molecule has 0 atom stereocenters. The lowest BCUT2D eigenvalue weighted by molar-refractivity contribution is 0.0944. The molecule has 0 radical (unpaired) electrons. The molecular formula is C26H29FN6OS. The highest BCUT2D eigenvalue weighted by atomic mass is 32.1. The van der Waals surface area contributed by atoms with E-state index in [1.807, 2.05) is 52.0 Å². The van der Waals surface area contributed by atoms with Gasteiger partial charge in [-0.3, -0.25) is 20.0 Å². The average molecular weight is 493 g/mol. The summed E-state index contributed by atoms with van der Waals surface area (Å²) in [6.07, 6.45) is 1.37. The third kappa shape index (κ3) is 5.58. The minimum Gasteiger partial charge on any atom is -0.364 e. The third-order valence-corrected chi connectivity index (χ3v) is 5.56. The van der Waals surface area contributed by atoms with Crippen molar-refractivity contribution in [3.63, 3.8) is 0 Å². The Hall–Kier alpha value is -3.98. The van der Waals surface area contributed by atoms with Crippen LogP contribution in [0.1, 0.15) is 35.3 Å². The summed E-state index contributed by atoms with van der Waals surface area (Å²) in [4.78, 5) is 17.7. The van der Waals surface area contributed by atoms with E-state index in [4.69, 9.17) is 17.2 Å². The molecule has 0 aliphatic rings. The number of halogens is 1. The Morgan fingerprint density at radius 1 is 0.971 bits per heavy atom. The van der Waals surface area contributed by atoms with Gasteiger partial charge in [0.1, 0.15) is 23.0 Å². The minimum absolute atomic E-state index is 0.279. The van der Waals surface area contributed by atoms with Gasteiger partial charge in [0.25, 0.3) is 5.91 Å². The number of amides is 1. The van der Waals surface area contributed by atoms with E-state index in [0.29, 0.717) is 28.3 Å². The molecule has 9 heteroatoms. The van der Waals surface area contributed by atoms with Crippen LogP contribution in [0.5, 0.6) is 0 Å². The number of benzene rings is 2. The van der Waals surface area contributed by atoms with E-state index in [1.165, 1.54) is 12.3 Å². The highest BCUT2D eigenvalue weighted by molar-refractivity contribution is 7.80. The highest BCUT2D eigenvalue weighted by Gasteiger charge is 2.21. The number of pyridine rings is 1. The summed E-state index contributed by atoms with van der Waals surface area (Å²) in [6, 6.07) is 16.0. The number of fused-ring (bicyclic) bond motifs is 1. The number of carbonyl (C=O) groups is 1. The van der Waals surface area contributed by atoms with E-state index in [-0.39, 0.29) is 11.0 Å². The summed E-state index contributed by atoms with van der Waals surface area (Å²) in [7, 11) is 1.65. The molecule has 0 bridgehead atoms. The van der Waals surface area contributed by atoms with Crippen LogP contribution in [-0.4, -0.2) is 27.5 Å². The smallest absolute Gasteiger partial charge is 0.270 e. The maximum atomic E-state index is 14.2. The number of rotatable bonds is 4. The van der Waals surface area contributed by atoms with Crippen LogP contribution in [0.25, 0.3) is 16.9 Å². The normalized spacial score (nSPS) is 10.2. The fourth-order valence-corrected chi connectivity index (χ4v) is 3.64. The number of hydrogen-bond acceptors (Lipinski definition) is 4. The number of aromatic nitrogens is 2. The second kappa shape index (κ2) is 11.4. The van der Waals surface area contributed by atoms with Gasteiger partial charge in [0.05, 0.1) is 5.56 Å². The molecule has 0 saturated carbocycles. The molecule has 4 aromatic rings. The lowest BCUT2D eigenvalue weighted by Gasteiger charge is -2.15. The molecule has 2 heterocycles. The van der Waals surface area contributed by atoms with Crippen LogP contribution in [-0.2, 0) is 0 Å². The number of thiocarbonyl (C=S) groups is 1. The topological polar surface area (TPSA) is 82.5 Å². The lowest BCUT2D eigenvalue weighted by atomic mass is 10.0. The first kappa shape index (κ1) is 25.6. The number of carbonyl (C=O) groups excluding carboxylic acids is 1. The van der Waals surface area contributed by atoms with Gasteiger partial charge in [-0.15, -0.1) is 0 Å². The maximum Gasteiger partial charge on any atom is 0.270 e. The van der Waals surface area contributed by atoms with Crippen molar-refractivity contribution in [1.29, 1.82) is 0 Å². The van der Waals surface area contributed by atoms with Gasteiger partial charge in [-0.25, -0.2) is 9.37 Å². The summed E-state index contributed by atoms with van der Waals surface area (Å²) in [5.41, 5.74) is 10.2. The van der Waals surface area contributed by atoms with Crippen LogP contribution < -0.4 is 21.5 Å². The summed E-state index contributed by atoms with van der Waals surface area (Å²) < 4.78 is 15.8. The zero-order valence-corrected chi connectivity index (χ0v) is 21.2. The summed E-state index contributed by atoms with van der Waals surface area (Å²) >= 11 is 5.03. The molecule has 0 fully saturated rings. The Bertz CT molecular complexity index is 1350. The van der Waals surface area contributed by atoms with Gasteiger partial charge in [0, 0.05) is 24.5 Å². The number of para-hydroxylation sites is 1. The molecule has 7 nitrogen and oxygen atoms in total. The monoisotopic (exact) mass is 492 g/mol. The first-order chi connectivity index (χ1) is 16.9. The second-order valence-corrected chi connectivity index (χ2v) is 7.89. The molecule has 0 aliphatic carbocycles. The third-order valence-electron chi connectivity index (χ3n) is 5.25. The van der Waals surface area contributed by atoms with Gasteiger partial charge >= 0.3 is 0 Å². The largest absolute Gasteiger partial charge is 0.364 e. The predicted octanol–water partition coefficient (Wildman–Crippen LogP) is 5.27. The Labute approximate surface area is 209 Å². The van der Waals surface area contributed by atoms with Crippen molar-refractivity contribution in [1.82, 2.24) is 25.6 Å². The summed E-state index contributed by atoms with van der Waals surface area (Å²) in [5, 5.41) is 6.45. The molecule has 4 N–H and O–H groups in total. The van der Waals surface area contributed by atoms with Gasteiger partial charge < -0.3 is 10.6 Å². The molecule has 1 amide bonds. The van der Waals surface area contributed by atoms with Gasteiger partial charge in [0.2, 0.25) is 0 Å². The van der Waals surface area contributed by atoms with E-state index < -0.39 is 5.82 Å². The van der Waals surface area contributed by atoms with Gasteiger partial charge in [-0.05, 0) is 55.4 Å². The van der Waals surface area contributed by atoms with E-state index in [9.17, 15) is 9.18 Å². The lowest BCUT2D eigenvalue weighted by Crippen LogP contribution is -2.45. The molecule has 35 heavy (non-hydrogen) atoms. The number of aryl methyl sites for hydroxylation is 2. The highest BCUT2D eigenvalue weighted by Crippen LogP contribution is 2.35. The van der Waals surface area contributed by atoms with Crippen LogP contribution in [0.15, 0.2) is 60.8 Å². The predicted molar refractivity (Wildman–Crippen MR) is 143 cm³/mol. The number of hydrazine groups is 1. The number of nitrogens with one attached hydrogen (secondary N) is 4. The fraction of sp³-hybridized carbons (Fsp3) is 0.192. The molecular weight excluding hydrogens is 463 g/mol. The van der Waals surface area contributed by atoms with Crippen LogP contribution in [0.3, 0.4) is 0 Å². The Morgan fingerprint density at radius 3 is 2.34 bits per heavy atom. The van der Waals surface area contributed by atoms with Crippen LogP contribution in [0, 0.1) is 19.7 Å². The van der Waals surface area contributed by atoms with Crippen molar-refractivity contribution in [3.05, 3.63) is 83.3 Å². The molecule has 182 valence electrons. The fourth-order valence-electron chi connectivity index (χ4n) is 3.59. The Kier molecular flexibility index (Phi) is 8.38. The van der Waals surface area contributed by atoms with Crippen LogP contribution in [0.2, 0.25) is 0 Å². The minimum atomic E-state index is -0.396. The van der Waals surface area contributed by atoms with E-state index >= 15 is 0 Å². The summed E-state index contributed by atoms with van der Waals surface area (Å²) in [5.74, 6) is -0.225. The van der Waals surface area contributed by atoms with Gasteiger partial charge in [-0.1, -0.05) is 50.2 Å². The Balaban J connectivity index is 0.00000167. The van der Waals surface area contributed by atoms with Gasteiger partial charge in [0.15, 0.2) is 5.11 Å².